The van der Waals surface area contributed by atoms with E-state index in [0.717, 1.165) is 74.5 Å². The van der Waals surface area contributed by atoms with Crippen LogP contribution >= 0.6 is 0 Å². The lowest BCUT2D eigenvalue weighted by Crippen LogP contribution is -2.36. The molecule has 1 aliphatic carbocycles. The number of morpholine rings is 1. The molecule has 0 N–H and O–H groups in total. The standard InChI is InChI=1S/C25H30FN5O3/c1-2-33-25-29-16-20(26)21(30-25)13-17-3-5-19(6-4-17)34-23-15-18(31-9-11-32-12-10-31)14-22-24(23)28-8-7-27-22/h7-8,14-17,19H,2-6,9-13H2,1H3. The lowest BCUT2D eigenvalue weighted by atomic mass is 9.84. The Morgan fingerprint density at radius 3 is 2.65 bits per heavy atom. The number of halogens is 1. The molecule has 2 fully saturated rings. The van der Waals surface area contributed by atoms with Gasteiger partial charge in [-0.25, -0.2) is 14.4 Å². The van der Waals surface area contributed by atoms with Crippen LogP contribution in [0.1, 0.15) is 38.3 Å². The number of anilines is 1. The van der Waals surface area contributed by atoms with Crippen molar-refractivity contribution in [2.75, 3.05) is 37.8 Å². The van der Waals surface area contributed by atoms with Gasteiger partial charge in [-0.2, -0.15) is 4.98 Å². The molecule has 1 aromatic carbocycles. The van der Waals surface area contributed by atoms with Crippen molar-refractivity contribution < 1.29 is 18.6 Å². The van der Waals surface area contributed by atoms with Gasteiger partial charge in [-0.3, -0.25) is 4.98 Å². The molecule has 0 atom stereocenters. The average Bonchev–Trinajstić information content (AvgIpc) is 2.88. The Balaban J connectivity index is 1.26. The highest BCUT2D eigenvalue weighted by molar-refractivity contribution is 5.85. The van der Waals surface area contributed by atoms with E-state index < -0.39 is 0 Å². The molecule has 1 saturated carbocycles. The molecule has 0 spiro atoms. The summed E-state index contributed by atoms with van der Waals surface area (Å²) in [5, 5.41) is 0. The number of rotatable bonds is 7. The van der Waals surface area contributed by atoms with E-state index in [-0.39, 0.29) is 17.9 Å². The monoisotopic (exact) mass is 467 g/mol. The predicted molar refractivity (Wildman–Crippen MR) is 126 cm³/mol. The molecule has 0 amide bonds. The zero-order valence-electron chi connectivity index (χ0n) is 19.5. The van der Waals surface area contributed by atoms with E-state index in [1.807, 2.05) is 6.92 Å². The van der Waals surface area contributed by atoms with Crippen LogP contribution in [0.4, 0.5) is 10.1 Å². The SMILES string of the molecule is CCOc1ncc(F)c(CC2CCC(Oc3cc(N4CCOCC4)cc4nccnc34)CC2)n1. The van der Waals surface area contributed by atoms with Gasteiger partial charge in [0.25, 0.3) is 0 Å². The van der Waals surface area contributed by atoms with Crippen LogP contribution < -0.4 is 14.4 Å². The fourth-order valence-electron chi connectivity index (χ4n) is 4.76. The number of fused-ring (bicyclic) bond motifs is 1. The van der Waals surface area contributed by atoms with Gasteiger partial charge in [0.05, 0.1) is 43.3 Å². The molecule has 8 nitrogen and oxygen atoms in total. The summed E-state index contributed by atoms with van der Waals surface area (Å²) < 4.78 is 31.6. The quantitative estimate of drug-likeness (QED) is 0.516. The van der Waals surface area contributed by atoms with Crippen LogP contribution in [0.3, 0.4) is 0 Å². The van der Waals surface area contributed by atoms with Crippen molar-refractivity contribution in [3.8, 4) is 11.8 Å². The van der Waals surface area contributed by atoms with Crippen LogP contribution in [0, 0.1) is 11.7 Å². The summed E-state index contributed by atoms with van der Waals surface area (Å²) in [7, 11) is 0. The van der Waals surface area contributed by atoms with Crippen molar-refractivity contribution in [2.45, 2.75) is 45.1 Å². The molecule has 5 rings (SSSR count). The first-order valence-electron chi connectivity index (χ1n) is 12.1. The maximum atomic E-state index is 14.2. The van der Waals surface area contributed by atoms with E-state index in [0.29, 0.717) is 24.6 Å². The molecule has 2 aliphatic rings. The van der Waals surface area contributed by atoms with E-state index in [1.165, 1.54) is 6.20 Å². The molecule has 3 aromatic rings. The van der Waals surface area contributed by atoms with E-state index in [1.54, 1.807) is 12.4 Å². The van der Waals surface area contributed by atoms with Gasteiger partial charge >= 0.3 is 6.01 Å². The van der Waals surface area contributed by atoms with E-state index >= 15 is 0 Å². The fourth-order valence-corrected chi connectivity index (χ4v) is 4.76. The van der Waals surface area contributed by atoms with Gasteiger partial charge in [0.15, 0.2) is 5.82 Å². The zero-order valence-corrected chi connectivity index (χ0v) is 19.5. The summed E-state index contributed by atoms with van der Waals surface area (Å²) >= 11 is 0. The summed E-state index contributed by atoms with van der Waals surface area (Å²) in [5.74, 6) is 0.764. The van der Waals surface area contributed by atoms with Gasteiger partial charge in [0.2, 0.25) is 0 Å². The third kappa shape index (κ3) is 5.19. The Labute approximate surface area is 198 Å². The van der Waals surface area contributed by atoms with E-state index in [9.17, 15) is 4.39 Å². The number of benzene rings is 1. The summed E-state index contributed by atoms with van der Waals surface area (Å²) in [6, 6.07) is 4.40. The summed E-state index contributed by atoms with van der Waals surface area (Å²) in [5.41, 5.74) is 3.14. The first kappa shape index (κ1) is 22.7. The Kier molecular flexibility index (Phi) is 6.99. The Bertz CT molecular complexity index is 1120. The van der Waals surface area contributed by atoms with Crippen LogP contribution in [0.25, 0.3) is 11.0 Å². The highest BCUT2D eigenvalue weighted by Crippen LogP contribution is 2.34. The first-order chi connectivity index (χ1) is 16.7. The molecule has 3 heterocycles. The van der Waals surface area contributed by atoms with Crippen LogP contribution in [-0.4, -0.2) is 59.0 Å². The number of hydrogen-bond acceptors (Lipinski definition) is 8. The van der Waals surface area contributed by atoms with Gasteiger partial charge in [-0.1, -0.05) is 0 Å². The van der Waals surface area contributed by atoms with Crippen LogP contribution in [0.2, 0.25) is 0 Å². The van der Waals surface area contributed by atoms with E-state index in [4.69, 9.17) is 14.2 Å². The minimum absolute atomic E-state index is 0.0932. The number of ether oxygens (including phenoxy) is 3. The molecular weight excluding hydrogens is 437 g/mol. The van der Waals surface area contributed by atoms with Crippen molar-refractivity contribution in [3.63, 3.8) is 0 Å². The molecule has 2 aromatic heterocycles. The smallest absolute Gasteiger partial charge is 0.316 e. The fraction of sp³-hybridized carbons (Fsp3) is 0.520. The normalized spacial score (nSPS) is 20.9. The topological polar surface area (TPSA) is 82.5 Å². The Morgan fingerprint density at radius 1 is 1.06 bits per heavy atom. The Morgan fingerprint density at radius 2 is 1.85 bits per heavy atom. The summed E-state index contributed by atoms with van der Waals surface area (Å²) in [4.78, 5) is 19.5. The largest absolute Gasteiger partial charge is 0.488 e. The molecule has 9 heteroatoms. The molecular formula is C25H30FN5O3. The predicted octanol–water partition coefficient (Wildman–Crippen LogP) is 3.97. The third-order valence-corrected chi connectivity index (χ3v) is 6.54. The van der Waals surface area contributed by atoms with E-state index in [2.05, 4.69) is 37.0 Å². The molecule has 34 heavy (non-hydrogen) atoms. The second-order valence-corrected chi connectivity index (χ2v) is 8.81. The van der Waals surface area contributed by atoms with Crippen LogP contribution in [0.15, 0.2) is 30.7 Å². The lowest BCUT2D eigenvalue weighted by molar-refractivity contribution is 0.122. The second-order valence-electron chi connectivity index (χ2n) is 8.81. The minimum Gasteiger partial charge on any atom is -0.488 e. The highest BCUT2D eigenvalue weighted by Gasteiger charge is 2.26. The zero-order chi connectivity index (χ0) is 23.3. The first-order valence-corrected chi connectivity index (χ1v) is 12.1. The number of aromatic nitrogens is 4. The molecule has 0 unspecified atom stereocenters. The maximum absolute atomic E-state index is 14.2. The van der Waals surface area contributed by atoms with Gasteiger partial charge in [-0.15, -0.1) is 0 Å². The average molecular weight is 468 g/mol. The lowest BCUT2D eigenvalue weighted by Gasteiger charge is -2.31. The molecule has 1 saturated heterocycles. The molecule has 1 aliphatic heterocycles. The number of hydrogen-bond donors (Lipinski definition) is 0. The van der Waals surface area contributed by atoms with Crippen LogP contribution in [0.5, 0.6) is 11.8 Å². The number of nitrogens with zero attached hydrogens (tertiary/aromatic N) is 5. The second kappa shape index (κ2) is 10.5. The molecule has 0 radical (unpaired) electrons. The summed E-state index contributed by atoms with van der Waals surface area (Å²) in [6.45, 7) is 5.45. The van der Waals surface area contributed by atoms with Gasteiger partial charge in [0, 0.05) is 37.2 Å². The minimum atomic E-state index is -0.369. The Hall–Kier alpha value is -3.07. The molecule has 0 bridgehead atoms. The maximum Gasteiger partial charge on any atom is 0.316 e. The van der Waals surface area contributed by atoms with Crippen molar-refractivity contribution in [1.29, 1.82) is 0 Å². The van der Waals surface area contributed by atoms with Gasteiger partial charge in [-0.05, 0) is 51.0 Å². The van der Waals surface area contributed by atoms with Gasteiger partial charge < -0.3 is 19.1 Å². The van der Waals surface area contributed by atoms with Gasteiger partial charge in [0.1, 0.15) is 11.3 Å². The van der Waals surface area contributed by atoms with Crippen molar-refractivity contribution in [2.24, 2.45) is 5.92 Å². The molecule has 180 valence electrons. The van der Waals surface area contributed by atoms with Crippen LogP contribution in [-0.2, 0) is 11.2 Å². The summed E-state index contributed by atoms with van der Waals surface area (Å²) in [6.07, 6.45) is 9.00. The van der Waals surface area contributed by atoms with Crippen molar-refractivity contribution in [1.82, 2.24) is 19.9 Å². The van der Waals surface area contributed by atoms with Crippen molar-refractivity contribution in [3.05, 3.63) is 42.2 Å². The third-order valence-electron chi connectivity index (χ3n) is 6.54. The van der Waals surface area contributed by atoms with Crippen molar-refractivity contribution >= 4 is 16.7 Å². The highest BCUT2D eigenvalue weighted by atomic mass is 19.1.